The molecule has 1 atom stereocenters. The fourth-order valence-electron chi connectivity index (χ4n) is 1.47. The van der Waals surface area contributed by atoms with E-state index in [1.54, 1.807) is 6.92 Å². The molecule has 0 saturated carbocycles. The minimum Gasteiger partial charge on any atom is -0.264 e. The van der Waals surface area contributed by atoms with Crippen molar-refractivity contribution in [2.24, 2.45) is 0 Å². The van der Waals surface area contributed by atoms with Gasteiger partial charge in [0.05, 0.1) is 6.10 Å². The topological polar surface area (TPSA) is 63.6 Å². The first-order chi connectivity index (χ1) is 6.95. The van der Waals surface area contributed by atoms with Crippen molar-refractivity contribution in [3.63, 3.8) is 0 Å². The van der Waals surface area contributed by atoms with Crippen LogP contribution < -0.4 is 0 Å². The molecule has 0 rings (SSSR count). The van der Waals surface area contributed by atoms with Gasteiger partial charge in [0.15, 0.2) is 0 Å². The van der Waals surface area contributed by atoms with E-state index in [4.69, 9.17) is 4.55 Å². The molecule has 0 heterocycles. The van der Waals surface area contributed by atoms with Crippen molar-refractivity contribution in [3.05, 3.63) is 0 Å². The van der Waals surface area contributed by atoms with E-state index in [0.717, 1.165) is 12.8 Å². The first-order valence-electron chi connectivity index (χ1n) is 5.61. The van der Waals surface area contributed by atoms with E-state index in [-0.39, 0.29) is 29.6 Å². The Hall–Kier alpha value is 0.870. The van der Waals surface area contributed by atoms with Crippen LogP contribution in [0.3, 0.4) is 0 Å². The Morgan fingerprint density at radius 1 is 1.12 bits per heavy atom. The normalized spacial score (nSPS) is 13.2. The third-order valence-electron chi connectivity index (χ3n) is 2.25. The summed E-state index contributed by atoms with van der Waals surface area (Å²) in [5.74, 6) is 0. The third-order valence-corrected chi connectivity index (χ3v) is 2.82. The maximum atomic E-state index is 10.3. The molecule has 1 N–H and O–H groups in total. The molecule has 0 aliphatic carbocycles. The zero-order valence-corrected chi connectivity index (χ0v) is 13.4. The number of rotatable bonds is 9. The smallest absolute Gasteiger partial charge is 0.264 e. The second-order valence-electron chi connectivity index (χ2n) is 3.89. The van der Waals surface area contributed by atoms with Crippen LogP contribution in [0.4, 0.5) is 0 Å². The van der Waals surface area contributed by atoms with Crippen LogP contribution in [0.2, 0.25) is 0 Å². The molecule has 0 amide bonds. The molecule has 1 unspecified atom stereocenters. The van der Waals surface area contributed by atoms with Crippen LogP contribution in [0.1, 0.15) is 58.8 Å². The van der Waals surface area contributed by atoms with Gasteiger partial charge in [0.2, 0.25) is 0 Å². The van der Waals surface area contributed by atoms with Crippen molar-refractivity contribution >= 4 is 40.0 Å². The summed E-state index contributed by atoms with van der Waals surface area (Å²) >= 11 is 0. The summed E-state index contributed by atoms with van der Waals surface area (Å²) in [6.45, 7) is 3.82. The van der Waals surface area contributed by atoms with Gasteiger partial charge in [-0.25, -0.2) is 4.18 Å². The minimum atomic E-state index is -4.27. The average Bonchev–Trinajstić information content (AvgIpc) is 2.08. The van der Waals surface area contributed by atoms with E-state index >= 15 is 0 Å². The van der Waals surface area contributed by atoms with Crippen molar-refractivity contribution in [1.82, 2.24) is 0 Å². The van der Waals surface area contributed by atoms with E-state index in [1.165, 1.54) is 25.7 Å². The Balaban J connectivity index is 0. The Kier molecular flexibility index (Phi) is 13.2. The van der Waals surface area contributed by atoms with Crippen LogP contribution in [-0.2, 0) is 14.6 Å². The second kappa shape index (κ2) is 11.0. The van der Waals surface area contributed by atoms with Crippen LogP contribution in [-0.4, -0.2) is 48.6 Å². The molecule has 4 nitrogen and oxygen atoms in total. The van der Waals surface area contributed by atoms with Gasteiger partial charge in [-0.1, -0.05) is 45.4 Å². The van der Waals surface area contributed by atoms with E-state index in [0.29, 0.717) is 6.42 Å². The number of hydrogen-bond donors (Lipinski definition) is 1. The predicted octanol–water partition coefficient (Wildman–Crippen LogP) is 2.56. The molecule has 0 aromatic rings. The fourth-order valence-corrected chi connectivity index (χ4v) is 1.98. The molecule has 0 saturated heterocycles. The van der Waals surface area contributed by atoms with Gasteiger partial charge in [0.1, 0.15) is 0 Å². The monoisotopic (exact) mass is 261 g/mol. The zero-order valence-electron chi connectivity index (χ0n) is 10.6. The summed E-state index contributed by atoms with van der Waals surface area (Å²) in [7, 11) is -4.27. The van der Waals surface area contributed by atoms with Crippen molar-refractivity contribution in [1.29, 1.82) is 0 Å². The molecule has 1 radical (unpaired) electrons. The summed E-state index contributed by atoms with van der Waals surface area (Å²) in [6, 6.07) is 0. The molecule has 6 heteroatoms. The Bertz CT molecular complexity index is 241. The van der Waals surface area contributed by atoms with Gasteiger partial charge in [-0.05, 0) is 13.3 Å². The molecular weight excluding hydrogens is 239 g/mol. The Morgan fingerprint density at radius 2 is 1.62 bits per heavy atom. The number of unbranched alkanes of at least 4 members (excludes halogenated alkanes) is 5. The van der Waals surface area contributed by atoms with Gasteiger partial charge in [0, 0.05) is 29.6 Å². The molecular formula is C10H22NaO4S. The molecule has 0 aromatic carbocycles. The molecule has 16 heavy (non-hydrogen) atoms. The Labute approximate surface area is 121 Å². The third kappa shape index (κ3) is 14.9. The van der Waals surface area contributed by atoms with Crippen molar-refractivity contribution in [3.8, 4) is 0 Å². The molecule has 0 fully saturated rings. The van der Waals surface area contributed by atoms with Gasteiger partial charge in [-0.15, -0.1) is 0 Å². The summed E-state index contributed by atoms with van der Waals surface area (Å²) in [5.41, 5.74) is 0. The quantitative estimate of drug-likeness (QED) is 0.393. The fraction of sp³-hybridized carbons (Fsp3) is 1.00. The molecule has 0 bridgehead atoms. The largest absolute Gasteiger partial charge is 0.397 e. The van der Waals surface area contributed by atoms with E-state index in [2.05, 4.69) is 11.1 Å². The second-order valence-corrected chi connectivity index (χ2v) is 4.94. The number of hydrogen-bond acceptors (Lipinski definition) is 3. The van der Waals surface area contributed by atoms with Crippen LogP contribution >= 0.6 is 0 Å². The van der Waals surface area contributed by atoms with E-state index in [9.17, 15) is 8.42 Å². The first kappa shape index (κ1) is 19.2. The van der Waals surface area contributed by atoms with Gasteiger partial charge in [0.25, 0.3) is 0 Å². The van der Waals surface area contributed by atoms with Crippen LogP contribution in [0.15, 0.2) is 0 Å². The summed E-state index contributed by atoms with van der Waals surface area (Å²) in [6.07, 6.45) is 7.20. The minimum absolute atomic E-state index is 0. The summed E-state index contributed by atoms with van der Waals surface area (Å²) < 4.78 is 33.5. The van der Waals surface area contributed by atoms with Crippen LogP contribution in [0.25, 0.3) is 0 Å². The van der Waals surface area contributed by atoms with Crippen molar-refractivity contribution in [2.75, 3.05) is 0 Å². The Morgan fingerprint density at radius 3 is 2.12 bits per heavy atom. The summed E-state index contributed by atoms with van der Waals surface area (Å²) in [4.78, 5) is 0. The van der Waals surface area contributed by atoms with Gasteiger partial charge in [-0.2, -0.15) is 8.42 Å². The molecule has 0 aromatic heterocycles. The van der Waals surface area contributed by atoms with Crippen molar-refractivity contribution < 1.29 is 17.2 Å². The molecule has 0 spiro atoms. The average molecular weight is 261 g/mol. The summed E-state index contributed by atoms with van der Waals surface area (Å²) in [5, 5.41) is 0. The van der Waals surface area contributed by atoms with Crippen LogP contribution in [0.5, 0.6) is 0 Å². The maximum Gasteiger partial charge on any atom is 0.397 e. The molecule has 0 aliphatic rings. The van der Waals surface area contributed by atoms with Gasteiger partial charge >= 0.3 is 10.4 Å². The zero-order chi connectivity index (χ0) is 11.7. The van der Waals surface area contributed by atoms with E-state index in [1.807, 2.05) is 0 Å². The van der Waals surface area contributed by atoms with Crippen molar-refractivity contribution in [2.45, 2.75) is 64.9 Å². The van der Waals surface area contributed by atoms with E-state index < -0.39 is 16.5 Å². The molecule has 0 aliphatic heterocycles. The maximum absolute atomic E-state index is 10.3. The first-order valence-corrected chi connectivity index (χ1v) is 6.98. The van der Waals surface area contributed by atoms with Crippen LogP contribution in [0, 0.1) is 0 Å². The standard InChI is InChI=1S/C10H22O4S.Na/c1-3-4-5-6-7-8-9-10(2)14-15(11,12)13;/h10H,3-9H2,1-2H3,(H,11,12,13);. The SMILES string of the molecule is CCCCCCCCC(C)OS(=O)(=O)O.[Na]. The molecule has 93 valence electrons. The van der Waals surface area contributed by atoms with Gasteiger partial charge < -0.3 is 0 Å². The van der Waals surface area contributed by atoms with Gasteiger partial charge in [-0.3, -0.25) is 4.55 Å². The predicted molar refractivity (Wildman–Crippen MR) is 65.8 cm³/mol.